The number of nitrogens with one attached hydrogen (secondary N) is 1. The fourth-order valence-corrected chi connectivity index (χ4v) is 4.28. The molecule has 3 aromatic carbocycles. The van der Waals surface area contributed by atoms with Gasteiger partial charge in [0.2, 0.25) is 0 Å². The third-order valence-electron chi connectivity index (χ3n) is 5.60. The Morgan fingerprint density at radius 1 is 1.03 bits per heavy atom. The van der Waals surface area contributed by atoms with E-state index in [1.54, 1.807) is 30.3 Å². The number of halogens is 1. The zero-order valence-corrected chi connectivity index (χ0v) is 21.8. The lowest BCUT2D eigenvalue weighted by molar-refractivity contribution is -0.384. The van der Waals surface area contributed by atoms with Crippen LogP contribution < -0.4 is 14.8 Å². The Hall–Kier alpha value is -4.18. The predicted octanol–water partition coefficient (Wildman–Crippen LogP) is 5.74. The second-order valence-electron chi connectivity index (χ2n) is 8.34. The molecule has 3 aromatic rings. The molecule has 0 bridgehead atoms. The minimum Gasteiger partial charge on any atom is -0.490 e. The molecule has 1 saturated heterocycles. The van der Waals surface area contributed by atoms with Crippen molar-refractivity contribution in [3.8, 4) is 11.5 Å². The number of urea groups is 1. The van der Waals surface area contributed by atoms with E-state index in [1.165, 1.54) is 12.1 Å². The van der Waals surface area contributed by atoms with Gasteiger partial charge in [0.15, 0.2) is 11.5 Å². The number of non-ortho nitro benzene ring substituents is 1. The summed E-state index contributed by atoms with van der Waals surface area (Å²) in [7, 11) is 0. The SMILES string of the molecule is CCOc1cc(/C=C2/NC(=O)N(Cc3ccc(C)cc3)C2=O)cc(Br)c1OCc1ccc([N+](=O)[O-])cc1. The molecule has 9 nitrogen and oxygen atoms in total. The van der Waals surface area contributed by atoms with Gasteiger partial charge >= 0.3 is 6.03 Å². The van der Waals surface area contributed by atoms with Gasteiger partial charge < -0.3 is 14.8 Å². The number of nitro groups is 1. The zero-order valence-electron chi connectivity index (χ0n) is 20.2. The van der Waals surface area contributed by atoms with E-state index >= 15 is 0 Å². The lowest BCUT2D eigenvalue weighted by atomic mass is 10.1. The normalized spacial score (nSPS) is 14.1. The van der Waals surface area contributed by atoms with Gasteiger partial charge in [-0.05, 0) is 76.8 Å². The van der Waals surface area contributed by atoms with Gasteiger partial charge in [-0.25, -0.2) is 4.79 Å². The van der Waals surface area contributed by atoms with Crippen molar-refractivity contribution in [2.24, 2.45) is 0 Å². The highest BCUT2D eigenvalue weighted by atomic mass is 79.9. The Morgan fingerprint density at radius 2 is 1.70 bits per heavy atom. The molecule has 0 spiro atoms. The monoisotopic (exact) mass is 565 g/mol. The van der Waals surface area contributed by atoms with Crippen LogP contribution in [0.4, 0.5) is 10.5 Å². The molecule has 10 heteroatoms. The van der Waals surface area contributed by atoms with Crippen molar-refractivity contribution in [1.29, 1.82) is 0 Å². The first-order valence-corrected chi connectivity index (χ1v) is 12.3. The second kappa shape index (κ2) is 11.3. The molecule has 37 heavy (non-hydrogen) atoms. The van der Waals surface area contributed by atoms with E-state index < -0.39 is 16.9 Å². The Labute approximate surface area is 222 Å². The van der Waals surface area contributed by atoms with Crippen molar-refractivity contribution >= 4 is 39.6 Å². The molecule has 1 N–H and O–H groups in total. The van der Waals surface area contributed by atoms with Crippen molar-refractivity contribution < 1.29 is 24.0 Å². The molecule has 0 radical (unpaired) electrons. The Bertz CT molecular complexity index is 1370. The van der Waals surface area contributed by atoms with Crippen LogP contribution >= 0.6 is 15.9 Å². The number of rotatable bonds is 9. The van der Waals surface area contributed by atoms with E-state index in [0.29, 0.717) is 28.1 Å². The number of aryl methyl sites for hydroxylation is 1. The van der Waals surface area contributed by atoms with Gasteiger partial charge in [0.05, 0.1) is 22.5 Å². The highest BCUT2D eigenvalue weighted by Crippen LogP contribution is 2.38. The number of hydrogen-bond acceptors (Lipinski definition) is 6. The quantitative estimate of drug-likeness (QED) is 0.153. The molecule has 3 amide bonds. The van der Waals surface area contributed by atoms with Crippen molar-refractivity contribution in [3.05, 3.63) is 103 Å². The zero-order chi connectivity index (χ0) is 26.5. The number of benzene rings is 3. The number of carbonyl (C=O) groups excluding carboxylic acids is 2. The summed E-state index contributed by atoms with van der Waals surface area (Å²) in [4.78, 5) is 37.0. The van der Waals surface area contributed by atoms with Crippen LogP contribution in [-0.4, -0.2) is 28.4 Å². The van der Waals surface area contributed by atoms with E-state index in [0.717, 1.165) is 21.6 Å². The van der Waals surface area contributed by atoms with Gasteiger partial charge in [0.25, 0.3) is 11.6 Å². The first-order chi connectivity index (χ1) is 17.7. The summed E-state index contributed by atoms with van der Waals surface area (Å²) in [5.74, 6) is 0.474. The van der Waals surface area contributed by atoms with Gasteiger partial charge in [-0.1, -0.05) is 29.8 Å². The van der Waals surface area contributed by atoms with Crippen LogP contribution in [0.15, 0.2) is 70.8 Å². The highest BCUT2D eigenvalue weighted by Gasteiger charge is 2.33. The van der Waals surface area contributed by atoms with Gasteiger partial charge in [-0.2, -0.15) is 0 Å². The molecule has 1 aliphatic rings. The van der Waals surface area contributed by atoms with Gasteiger partial charge in [0, 0.05) is 12.1 Å². The first kappa shape index (κ1) is 25.9. The van der Waals surface area contributed by atoms with Gasteiger partial charge in [-0.3, -0.25) is 19.8 Å². The summed E-state index contributed by atoms with van der Waals surface area (Å²) >= 11 is 3.50. The molecule has 0 aliphatic carbocycles. The molecule has 0 atom stereocenters. The molecule has 190 valence electrons. The predicted molar refractivity (Wildman–Crippen MR) is 141 cm³/mol. The number of carbonyl (C=O) groups is 2. The maximum Gasteiger partial charge on any atom is 0.329 e. The lowest BCUT2D eigenvalue weighted by Crippen LogP contribution is -2.30. The van der Waals surface area contributed by atoms with Crippen LogP contribution in [0.1, 0.15) is 29.2 Å². The maximum absolute atomic E-state index is 12.9. The average Bonchev–Trinajstić information content (AvgIpc) is 3.12. The third kappa shape index (κ3) is 6.15. The fraction of sp³-hybridized carbons (Fsp3) is 0.185. The summed E-state index contributed by atoms with van der Waals surface area (Å²) in [6.07, 6.45) is 1.59. The summed E-state index contributed by atoms with van der Waals surface area (Å²) in [6, 6.07) is 16.7. The minimum absolute atomic E-state index is 0.00306. The standard InChI is InChI=1S/C27H24BrN3O6/c1-3-36-24-14-20(12-22(28)25(24)37-16-19-8-10-21(11-9-19)31(34)35)13-23-26(32)30(27(33)29-23)15-18-6-4-17(2)5-7-18/h4-14H,3,15-16H2,1-2H3,(H,29,33)/b23-13+. The largest absolute Gasteiger partial charge is 0.490 e. The number of ether oxygens (including phenoxy) is 2. The Morgan fingerprint density at radius 3 is 2.35 bits per heavy atom. The van der Waals surface area contributed by atoms with Crippen molar-refractivity contribution in [2.75, 3.05) is 6.61 Å². The number of imide groups is 1. The molecule has 4 rings (SSSR count). The summed E-state index contributed by atoms with van der Waals surface area (Å²) in [6.45, 7) is 4.52. The van der Waals surface area contributed by atoms with Crippen LogP contribution in [0.3, 0.4) is 0 Å². The number of nitro benzene ring substituents is 1. The smallest absolute Gasteiger partial charge is 0.329 e. The second-order valence-corrected chi connectivity index (χ2v) is 9.19. The molecule has 1 aliphatic heterocycles. The molecular weight excluding hydrogens is 542 g/mol. The van der Waals surface area contributed by atoms with Gasteiger partial charge in [0.1, 0.15) is 12.3 Å². The highest BCUT2D eigenvalue weighted by molar-refractivity contribution is 9.10. The topological polar surface area (TPSA) is 111 Å². The summed E-state index contributed by atoms with van der Waals surface area (Å²) < 4.78 is 12.3. The van der Waals surface area contributed by atoms with Crippen LogP contribution in [0.2, 0.25) is 0 Å². The molecule has 0 aromatic heterocycles. The van der Waals surface area contributed by atoms with Crippen molar-refractivity contribution in [1.82, 2.24) is 10.2 Å². The van der Waals surface area contributed by atoms with E-state index in [2.05, 4.69) is 21.2 Å². The molecular formula is C27H24BrN3O6. The molecule has 1 fully saturated rings. The fourth-order valence-electron chi connectivity index (χ4n) is 3.70. The minimum atomic E-state index is -0.482. The average molecular weight is 566 g/mol. The van der Waals surface area contributed by atoms with Gasteiger partial charge in [-0.15, -0.1) is 0 Å². The Balaban J connectivity index is 1.52. The van der Waals surface area contributed by atoms with E-state index in [-0.39, 0.29) is 24.5 Å². The van der Waals surface area contributed by atoms with E-state index in [1.807, 2.05) is 38.1 Å². The maximum atomic E-state index is 12.9. The Kier molecular flexibility index (Phi) is 7.88. The van der Waals surface area contributed by atoms with E-state index in [9.17, 15) is 19.7 Å². The lowest BCUT2D eigenvalue weighted by Gasteiger charge is -2.15. The third-order valence-corrected chi connectivity index (χ3v) is 6.19. The van der Waals surface area contributed by atoms with Crippen LogP contribution in [0.5, 0.6) is 11.5 Å². The van der Waals surface area contributed by atoms with Crippen molar-refractivity contribution in [3.63, 3.8) is 0 Å². The molecule has 0 unspecified atom stereocenters. The molecule has 0 saturated carbocycles. The van der Waals surface area contributed by atoms with E-state index in [4.69, 9.17) is 9.47 Å². The van der Waals surface area contributed by atoms with Crippen LogP contribution in [-0.2, 0) is 17.9 Å². The first-order valence-electron chi connectivity index (χ1n) is 11.5. The number of amides is 3. The molecule has 1 heterocycles. The summed E-state index contributed by atoms with van der Waals surface area (Å²) in [5.41, 5.74) is 3.48. The number of nitrogens with zero attached hydrogens (tertiary/aromatic N) is 2. The number of hydrogen-bond donors (Lipinski definition) is 1. The van der Waals surface area contributed by atoms with Crippen LogP contribution in [0, 0.1) is 17.0 Å². The summed E-state index contributed by atoms with van der Waals surface area (Å²) in [5, 5.41) is 13.5. The van der Waals surface area contributed by atoms with Crippen LogP contribution in [0.25, 0.3) is 6.08 Å². The van der Waals surface area contributed by atoms with Crippen molar-refractivity contribution in [2.45, 2.75) is 27.0 Å².